The molecule has 82 valence electrons. The molecule has 2 rings (SSSR count). The Balaban J connectivity index is 2.01. The molecular weight excluding hydrogens is 237 g/mol. The number of thioether (sulfide) groups is 1. The maximum absolute atomic E-state index is 13.2. The zero-order valence-electron chi connectivity index (χ0n) is 8.26. The monoisotopic (exact) mass is 247 g/mol. The highest BCUT2D eigenvalue weighted by Crippen LogP contribution is 2.47. The minimum Gasteiger partial charge on any atom is -0.366 e. The van der Waals surface area contributed by atoms with Gasteiger partial charge in [0.05, 0.1) is 6.20 Å². The maximum atomic E-state index is 13.2. The minimum absolute atomic E-state index is 0.0629. The highest BCUT2D eigenvalue weighted by Gasteiger charge is 2.41. The Bertz CT molecular complexity index is 370. The smallest absolute Gasteiger partial charge is 0.224 e. The standard InChI is InChI=1S/C9H11ClFN3S/c1-15-9(2-3-9)5-13-7-6(11)4-12-8(10)14-7/h4H,2-3,5H2,1H3,(H,12,13,14). The summed E-state index contributed by atoms with van der Waals surface area (Å²) in [7, 11) is 0. The average molecular weight is 248 g/mol. The predicted octanol–water partition coefficient (Wildman–Crippen LogP) is 2.58. The second-order valence-electron chi connectivity index (χ2n) is 3.58. The van der Waals surface area contributed by atoms with Crippen molar-refractivity contribution >= 4 is 29.2 Å². The number of halogens is 2. The molecule has 0 radical (unpaired) electrons. The summed E-state index contributed by atoms with van der Waals surface area (Å²) in [6.07, 6.45) is 5.48. The molecule has 1 saturated carbocycles. The van der Waals surface area contributed by atoms with E-state index in [4.69, 9.17) is 11.6 Å². The van der Waals surface area contributed by atoms with Gasteiger partial charge in [-0.1, -0.05) is 0 Å². The van der Waals surface area contributed by atoms with E-state index in [0.29, 0.717) is 0 Å². The van der Waals surface area contributed by atoms with Crippen LogP contribution in [0.3, 0.4) is 0 Å². The molecule has 1 aromatic heterocycles. The fraction of sp³-hybridized carbons (Fsp3) is 0.556. The third-order valence-corrected chi connectivity index (χ3v) is 4.13. The second kappa shape index (κ2) is 4.14. The van der Waals surface area contributed by atoms with Crippen molar-refractivity contribution in [2.24, 2.45) is 0 Å². The molecule has 0 aromatic carbocycles. The molecular formula is C9H11ClFN3S. The second-order valence-corrected chi connectivity index (χ2v) is 5.19. The Kier molecular flexibility index (Phi) is 3.02. The molecule has 15 heavy (non-hydrogen) atoms. The van der Waals surface area contributed by atoms with Crippen LogP contribution in [-0.2, 0) is 0 Å². The summed E-state index contributed by atoms with van der Waals surface area (Å²) in [4.78, 5) is 7.35. The zero-order chi connectivity index (χ0) is 10.9. The van der Waals surface area contributed by atoms with Crippen LogP contribution in [0.1, 0.15) is 12.8 Å². The fourth-order valence-electron chi connectivity index (χ4n) is 1.31. The van der Waals surface area contributed by atoms with Crippen LogP contribution in [0.15, 0.2) is 6.20 Å². The first-order chi connectivity index (χ1) is 7.15. The van der Waals surface area contributed by atoms with E-state index >= 15 is 0 Å². The van der Waals surface area contributed by atoms with Crippen LogP contribution < -0.4 is 5.32 Å². The summed E-state index contributed by atoms with van der Waals surface area (Å²) < 4.78 is 13.5. The van der Waals surface area contributed by atoms with Gasteiger partial charge in [-0.15, -0.1) is 0 Å². The molecule has 1 aliphatic carbocycles. The number of nitrogens with zero attached hydrogens (tertiary/aromatic N) is 2. The summed E-state index contributed by atoms with van der Waals surface area (Å²) in [5.74, 6) is -0.272. The van der Waals surface area contributed by atoms with Crippen molar-refractivity contribution in [1.29, 1.82) is 0 Å². The Hall–Kier alpha value is -0.550. The lowest BCUT2D eigenvalue weighted by Crippen LogP contribution is -2.18. The molecule has 0 aliphatic heterocycles. The van der Waals surface area contributed by atoms with Gasteiger partial charge in [0.25, 0.3) is 0 Å². The molecule has 3 nitrogen and oxygen atoms in total. The van der Waals surface area contributed by atoms with Crippen molar-refractivity contribution in [2.75, 3.05) is 18.1 Å². The van der Waals surface area contributed by atoms with Gasteiger partial charge in [0.1, 0.15) is 0 Å². The number of rotatable bonds is 4. The van der Waals surface area contributed by atoms with Gasteiger partial charge in [-0.2, -0.15) is 16.7 Å². The van der Waals surface area contributed by atoms with Crippen LogP contribution in [-0.4, -0.2) is 27.5 Å². The van der Waals surface area contributed by atoms with Crippen molar-refractivity contribution < 1.29 is 4.39 Å². The fourth-order valence-corrected chi connectivity index (χ4v) is 2.17. The van der Waals surface area contributed by atoms with E-state index in [1.54, 1.807) is 11.8 Å². The molecule has 1 N–H and O–H groups in total. The van der Waals surface area contributed by atoms with Gasteiger partial charge in [-0.05, 0) is 30.7 Å². The number of nitrogens with one attached hydrogen (secondary N) is 1. The highest BCUT2D eigenvalue weighted by atomic mass is 35.5. The Labute approximate surface area is 96.8 Å². The normalized spacial score (nSPS) is 17.5. The van der Waals surface area contributed by atoms with Crippen LogP contribution in [0.4, 0.5) is 10.2 Å². The van der Waals surface area contributed by atoms with Crippen LogP contribution in [0.5, 0.6) is 0 Å². The van der Waals surface area contributed by atoms with Gasteiger partial charge < -0.3 is 5.32 Å². The summed E-state index contributed by atoms with van der Waals surface area (Å²) in [5, 5.41) is 3.04. The lowest BCUT2D eigenvalue weighted by molar-refractivity contribution is 0.616. The van der Waals surface area contributed by atoms with Gasteiger partial charge in [0.2, 0.25) is 5.28 Å². The number of hydrogen-bond acceptors (Lipinski definition) is 4. The molecule has 0 amide bonds. The Morgan fingerprint density at radius 2 is 2.40 bits per heavy atom. The molecule has 0 unspecified atom stereocenters. The third-order valence-electron chi connectivity index (χ3n) is 2.53. The maximum Gasteiger partial charge on any atom is 0.224 e. The van der Waals surface area contributed by atoms with Crippen molar-refractivity contribution in [3.8, 4) is 0 Å². The zero-order valence-corrected chi connectivity index (χ0v) is 9.83. The topological polar surface area (TPSA) is 37.8 Å². The quantitative estimate of drug-likeness (QED) is 0.830. The van der Waals surface area contributed by atoms with Gasteiger partial charge >= 0.3 is 0 Å². The van der Waals surface area contributed by atoms with Gasteiger partial charge in [0, 0.05) is 11.3 Å². The highest BCUT2D eigenvalue weighted by molar-refractivity contribution is 8.00. The van der Waals surface area contributed by atoms with Crippen LogP contribution in [0.2, 0.25) is 5.28 Å². The summed E-state index contributed by atoms with van der Waals surface area (Å²) in [6, 6.07) is 0. The molecule has 1 aromatic rings. The van der Waals surface area contributed by atoms with E-state index in [1.807, 2.05) is 0 Å². The van der Waals surface area contributed by atoms with E-state index in [-0.39, 0.29) is 15.8 Å². The SMILES string of the molecule is CSC1(CNc2nc(Cl)ncc2F)CC1. The van der Waals surface area contributed by atoms with Crippen molar-refractivity contribution in [3.63, 3.8) is 0 Å². The van der Waals surface area contributed by atoms with Crippen molar-refractivity contribution in [3.05, 3.63) is 17.3 Å². The minimum atomic E-state index is -0.462. The third kappa shape index (κ3) is 2.52. The van der Waals surface area contributed by atoms with Crippen LogP contribution >= 0.6 is 23.4 Å². The predicted molar refractivity (Wildman–Crippen MR) is 61.0 cm³/mol. The number of anilines is 1. The first-order valence-corrected chi connectivity index (χ1v) is 6.22. The first-order valence-electron chi connectivity index (χ1n) is 4.62. The lowest BCUT2D eigenvalue weighted by Gasteiger charge is -2.13. The molecule has 1 aliphatic rings. The van der Waals surface area contributed by atoms with Gasteiger partial charge in [0.15, 0.2) is 11.6 Å². The molecule has 1 fully saturated rings. The van der Waals surface area contributed by atoms with Gasteiger partial charge in [-0.3, -0.25) is 0 Å². The number of hydrogen-bond donors (Lipinski definition) is 1. The first kappa shape index (κ1) is 11.0. The Morgan fingerprint density at radius 3 is 3.00 bits per heavy atom. The largest absolute Gasteiger partial charge is 0.366 e. The molecule has 0 spiro atoms. The van der Waals surface area contributed by atoms with E-state index < -0.39 is 5.82 Å². The van der Waals surface area contributed by atoms with Crippen molar-refractivity contribution in [1.82, 2.24) is 9.97 Å². The summed E-state index contributed by atoms with van der Waals surface area (Å²) in [5.41, 5.74) is 0. The summed E-state index contributed by atoms with van der Waals surface area (Å²) in [6.45, 7) is 0.721. The van der Waals surface area contributed by atoms with E-state index in [2.05, 4.69) is 21.5 Å². The molecule has 0 saturated heterocycles. The molecule has 0 bridgehead atoms. The lowest BCUT2D eigenvalue weighted by atomic mass is 10.4. The Morgan fingerprint density at radius 1 is 1.67 bits per heavy atom. The molecule has 6 heteroatoms. The van der Waals surface area contributed by atoms with Gasteiger partial charge in [-0.25, -0.2) is 9.37 Å². The van der Waals surface area contributed by atoms with Crippen molar-refractivity contribution in [2.45, 2.75) is 17.6 Å². The summed E-state index contributed by atoms with van der Waals surface area (Å²) >= 11 is 7.39. The average Bonchev–Trinajstić information content (AvgIpc) is 3.00. The van der Waals surface area contributed by atoms with E-state index in [9.17, 15) is 4.39 Å². The van der Waals surface area contributed by atoms with Crippen LogP contribution in [0.25, 0.3) is 0 Å². The van der Waals surface area contributed by atoms with E-state index in [1.165, 1.54) is 12.8 Å². The van der Waals surface area contributed by atoms with E-state index in [0.717, 1.165) is 12.7 Å². The molecule has 0 atom stereocenters. The number of aromatic nitrogens is 2. The molecule has 1 heterocycles. The van der Waals surface area contributed by atoms with Crippen LogP contribution in [0, 0.1) is 5.82 Å².